The molecule has 0 spiro atoms. The number of unbranched alkanes of at least 4 members (excludes halogenated alkanes) is 18. The van der Waals surface area contributed by atoms with E-state index in [9.17, 15) is 27.3 Å². The van der Waals surface area contributed by atoms with Gasteiger partial charge in [-0.25, -0.2) is 0 Å². The summed E-state index contributed by atoms with van der Waals surface area (Å²) in [5.74, 6) is 1.78. The van der Waals surface area contributed by atoms with E-state index in [0.29, 0.717) is 73.0 Å². The fourth-order valence-corrected chi connectivity index (χ4v) is 17.9. The summed E-state index contributed by atoms with van der Waals surface area (Å²) >= 11 is -10.3. The van der Waals surface area contributed by atoms with Crippen molar-refractivity contribution in [3.8, 4) is 0 Å². The highest BCUT2D eigenvalue weighted by molar-refractivity contribution is 7.99. The van der Waals surface area contributed by atoms with Gasteiger partial charge in [-0.2, -0.15) is 0 Å². The molecule has 318 valence electrons. The van der Waals surface area contributed by atoms with Crippen LogP contribution in [0, 0.1) is 0 Å². The van der Waals surface area contributed by atoms with Gasteiger partial charge in [0.05, 0.1) is 0 Å². The van der Waals surface area contributed by atoms with E-state index in [0.717, 1.165) is 116 Å². The minimum absolute atomic E-state index is 0.245. The van der Waals surface area contributed by atoms with Gasteiger partial charge in [-0.3, -0.25) is 0 Å². The Morgan fingerprint density at radius 3 is 0.463 bits per heavy atom. The van der Waals surface area contributed by atoms with Crippen molar-refractivity contribution in [1.29, 1.82) is 0 Å². The molecule has 0 fully saturated rings. The Bertz CT molecular complexity index is 840. The van der Waals surface area contributed by atoms with Crippen molar-refractivity contribution in [2.75, 3.05) is 34.5 Å². The molecule has 0 amide bonds. The van der Waals surface area contributed by atoms with Crippen LogP contribution in [0.5, 0.6) is 0 Å². The van der Waals surface area contributed by atoms with E-state index in [1.807, 2.05) is 0 Å². The third kappa shape index (κ3) is 19.9. The lowest BCUT2D eigenvalue weighted by Gasteiger charge is -2.27. The average molecular weight is 871 g/mol. The molecule has 0 aliphatic carbocycles. The quantitative estimate of drug-likeness (QED) is 0.0486. The summed E-state index contributed by atoms with van der Waals surface area (Å²) in [4.78, 5) is 1.47. The van der Waals surface area contributed by atoms with E-state index in [-0.39, 0.29) is 29.4 Å². The molecule has 1 rings (SSSR count). The van der Waals surface area contributed by atoms with Gasteiger partial charge >= 0.3 is 0 Å². The molecule has 0 aliphatic heterocycles. The van der Waals surface area contributed by atoms with E-state index >= 15 is 0 Å². The Morgan fingerprint density at radius 1 is 0.222 bits per heavy atom. The summed E-state index contributed by atoms with van der Waals surface area (Å²) in [6.45, 7) is 12.8. The molecule has 0 heterocycles. The summed E-state index contributed by atoms with van der Waals surface area (Å²) in [7, 11) is 0. The van der Waals surface area contributed by atoms with Crippen LogP contribution in [0.3, 0.4) is 0 Å². The van der Waals surface area contributed by atoms with Crippen molar-refractivity contribution in [3.63, 3.8) is 0 Å². The van der Waals surface area contributed by atoms with Crippen LogP contribution >= 0.6 is 0 Å². The van der Waals surface area contributed by atoms with E-state index in [1.54, 1.807) is 0 Å². The molecule has 54 heavy (non-hydrogen) atoms. The first-order chi connectivity index (χ1) is 26.2. The van der Waals surface area contributed by atoms with Crippen LogP contribution in [0.25, 0.3) is 0 Å². The molecule has 6 atom stereocenters. The fourth-order valence-electron chi connectivity index (χ4n) is 6.43. The summed E-state index contributed by atoms with van der Waals surface area (Å²) in [5.41, 5.74) is 0. The highest BCUT2D eigenvalue weighted by Gasteiger charge is 2.53. The van der Waals surface area contributed by atoms with Gasteiger partial charge in [-0.15, -0.1) is 0 Å². The zero-order valence-electron chi connectivity index (χ0n) is 35.1. The summed E-state index contributed by atoms with van der Waals surface area (Å²) < 4.78 is 89.1. The van der Waals surface area contributed by atoms with Crippen LogP contribution in [0.2, 0.25) is 0 Å². The molecular weight excluding hydrogens is 793 g/mol. The molecular formula is C42H78O6S6. The van der Waals surface area contributed by atoms with Gasteiger partial charge in [0.1, 0.15) is 34.5 Å². The molecule has 0 saturated heterocycles. The van der Waals surface area contributed by atoms with Gasteiger partial charge in [0.15, 0.2) is 0 Å². The van der Waals surface area contributed by atoms with Gasteiger partial charge < -0.3 is 27.3 Å². The largest absolute Gasteiger partial charge is 0.611 e. The first-order valence-electron chi connectivity index (χ1n) is 21.7. The molecule has 6 nitrogen and oxygen atoms in total. The van der Waals surface area contributed by atoms with Gasteiger partial charge in [0.25, 0.3) is 29.4 Å². The van der Waals surface area contributed by atoms with Crippen LogP contribution in [0.4, 0.5) is 0 Å². The van der Waals surface area contributed by atoms with Crippen LogP contribution < -0.4 is 0 Å². The second-order valence-corrected chi connectivity index (χ2v) is 23.7. The number of rotatable bonds is 36. The lowest BCUT2D eigenvalue weighted by molar-refractivity contribution is 0.534. The van der Waals surface area contributed by atoms with Crippen molar-refractivity contribution in [1.82, 2.24) is 0 Å². The van der Waals surface area contributed by atoms with Gasteiger partial charge in [-0.1, -0.05) is 119 Å². The van der Waals surface area contributed by atoms with E-state index in [1.165, 1.54) is 0 Å². The van der Waals surface area contributed by atoms with Crippen LogP contribution in [-0.2, 0) is 67.1 Å². The first-order valence-corrected chi connectivity index (χ1v) is 29.6. The minimum Gasteiger partial charge on any atom is -0.611 e. The Morgan fingerprint density at radius 2 is 0.352 bits per heavy atom. The van der Waals surface area contributed by atoms with Crippen molar-refractivity contribution in [2.45, 2.75) is 225 Å². The zero-order valence-corrected chi connectivity index (χ0v) is 40.0. The van der Waals surface area contributed by atoms with Crippen LogP contribution in [0.15, 0.2) is 29.4 Å². The monoisotopic (exact) mass is 870 g/mol. The van der Waals surface area contributed by atoms with E-state index in [2.05, 4.69) is 41.5 Å². The Hall–Kier alpha value is 1.08. The van der Waals surface area contributed by atoms with Crippen molar-refractivity contribution < 1.29 is 27.3 Å². The van der Waals surface area contributed by atoms with E-state index < -0.39 is 67.1 Å². The fraction of sp³-hybridized carbons (Fsp3) is 0.857. The number of benzene rings is 1. The molecule has 0 saturated carbocycles. The Labute approximate surface area is 351 Å². The predicted octanol–water partition coefficient (Wildman–Crippen LogP) is 11.8. The molecule has 0 aliphatic rings. The average Bonchev–Trinajstić information content (AvgIpc) is 3.17. The van der Waals surface area contributed by atoms with Crippen LogP contribution in [0.1, 0.15) is 196 Å². The lowest BCUT2D eigenvalue weighted by Crippen LogP contribution is -2.30. The van der Waals surface area contributed by atoms with Crippen molar-refractivity contribution in [3.05, 3.63) is 0 Å². The molecule has 12 heteroatoms. The standard InChI is InChI=1S/C42H78O6S6/c1-7-13-19-25-31-49(43)37-38(50(44)32-26-20-14-8-2)40(52(46)34-28-22-16-10-4)42(54(48)36-30-24-18-12-6)41(53(47)35-29-23-17-11-5)39(37)51(45)33-27-21-15-9-3/h7-36H2,1-6H3. The van der Waals surface area contributed by atoms with Gasteiger partial charge in [0.2, 0.25) is 0 Å². The summed E-state index contributed by atoms with van der Waals surface area (Å²) in [6, 6.07) is 0. The molecule has 0 radical (unpaired) electrons. The Kier molecular flexibility index (Phi) is 33.3. The highest BCUT2D eigenvalue weighted by Crippen LogP contribution is 2.47. The van der Waals surface area contributed by atoms with Crippen molar-refractivity contribution in [2.24, 2.45) is 0 Å². The lowest BCUT2D eigenvalue weighted by atomic mass is 10.2. The van der Waals surface area contributed by atoms with Gasteiger partial charge in [-0.05, 0) is 144 Å². The van der Waals surface area contributed by atoms with E-state index in [4.69, 9.17) is 0 Å². The highest BCUT2D eigenvalue weighted by atomic mass is 32.2. The van der Waals surface area contributed by atoms with Gasteiger partial charge in [0, 0.05) is 0 Å². The molecule has 0 bridgehead atoms. The third-order valence-electron chi connectivity index (χ3n) is 9.70. The third-order valence-corrected chi connectivity index (χ3v) is 19.6. The number of hydrogen-bond donors (Lipinski definition) is 0. The molecule has 0 N–H and O–H groups in total. The summed E-state index contributed by atoms with van der Waals surface area (Å²) in [5, 5.41) is 0. The second-order valence-electron chi connectivity index (χ2n) is 14.6. The zero-order chi connectivity index (χ0) is 40.1. The molecule has 0 aromatic heterocycles. The Balaban J connectivity index is 4.37. The maximum Gasteiger partial charge on any atom is 0.273 e. The maximum absolute atomic E-state index is 14.9. The molecule has 6 unspecified atom stereocenters. The first kappa shape index (κ1) is 53.1. The molecule has 1 aromatic rings. The maximum atomic E-state index is 14.9. The van der Waals surface area contributed by atoms with Crippen LogP contribution in [-0.4, -0.2) is 61.8 Å². The number of hydrogen-bond acceptors (Lipinski definition) is 6. The summed E-state index contributed by atoms with van der Waals surface area (Å²) in [6.07, 6.45) is 21.6. The SMILES string of the molecule is CCCCCC[S+]([O-])c1c([S+]([O-])CCCCCC)c([S+]([O-])CCCCCC)c([S+]([O-])CCCCCC)c([S+]([O-])CCCCCC)c1[S+]([O-])CCCCCC. The van der Waals surface area contributed by atoms with Crippen molar-refractivity contribution >= 4 is 67.1 Å². The normalized spacial score (nSPS) is 15.3. The predicted molar refractivity (Wildman–Crippen MR) is 239 cm³/mol. The minimum atomic E-state index is -1.72. The molecule has 1 aromatic carbocycles. The smallest absolute Gasteiger partial charge is 0.273 e. The topological polar surface area (TPSA) is 138 Å². The second kappa shape index (κ2) is 33.9.